The summed E-state index contributed by atoms with van der Waals surface area (Å²) in [5.74, 6) is -0.297. The molecule has 18 nitrogen and oxygen atoms in total. The molecule has 0 unspecified atom stereocenters. The molecule has 0 atom stereocenters. The first-order chi connectivity index (χ1) is 33.9. The van der Waals surface area contributed by atoms with Gasteiger partial charge in [0.1, 0.15) is 0 Å². The standard InChI is InChI=1S/C51H33N15O3/c67-43(31-16-34-10-4-1-5-11-34)37-19-25-40(26-20-37)64-49(55-58-61-64)46-52-47(50-56-59-62-65(50)41-27-21-38(22-28-41)44(68)32-17-35-12-6-2-7-13-35)54-48(53-46)51-57-60-63-66(51)42-29-23-39(24-30-42)45(69)33-18-36-14-8-3-9-15-36/h1-33H/b31-16+,32-17+,33-18+. The van der Waals surface area contributed by atoms with Crippen LogP contribution in [0.4, 0.5) is 0 Å². The van der Waals surface area contributed by atoms with Gasteiger partial charge in [-0.25, -0.2) is 15.0 Å². The molecule has 6 aromatic carbocycles. The second-order valence-electron chi connectivity index (χ2n) is 15.0. The van der Waals surface area contributed by atoms with Crippen LogP contribution in [0.15, 0.2) is 182 Å². The van der Waals surface area contributed by atoms with Gasteiger partial charge < -0.3 is 0 Å². The molecule has 0 aliphatic rings. The van der Waals surface area contributed by atoms with Gasteiger partial charge in [0, 0.05) is 16.7 Å². The minimum Gasteiger partial charge on any atom is -0.289 e. The zero-order valence-electron chi connectivity index (χ0n) is 36.0. The number of hydrogen-bond acceptors (Lipinski definition) is 15. The predicted molar refractivity (Wildman–Crippen MR) is 254 cm³/mol. The van der Waals surface area contributed by atoms with Crippen LogP contribution in [-0.4, -0.2) is 92.9 Å². The monoisotopic (exact) mass is 903 g/mol. The first-order valence-corrected chi connectivity index (χ1v) is 21.2. The van der Waals surface area contributed by atoms with E-state index in [0.717, 1.165) is 16.7 Å². The molecule has 0 fully saturated rings. The fraction of sp³-hybridized carbons (Fsp3) is 0. The van der Waals surface area contributed by atoms with Crippen molar-refractivity contribution in [2.24, 2.45) is 0 Å². The van der Waals surface area contributed by atoms with Gasteiger partial charge in [-0.2, -0.15) is 14.0 Å². The Balaban J connectivity index is 0.996. The zero-order chi connectivity index (χ0) is 46.9. The number of hydrogen-bond donors (Lipinski definition) is 0. The number of aromatic nitrogens is 15. The second-order valence-corrected chi connectivity index (χ2v) is 15.0. The highest BCUT2D eigenvalue weighted by atomic mass is 16.1. The van der Waals surface area contributed by atoms with Gasteiger partial charge in [-0.05, 0) is 139 Å². The van der Waals surface area contributed by atoms with Gasteiger partial charge in [0.15, 0.2) is 17.3 Å². The van der Waals surface area contributed by atoms with Crippen LogP contribution in [0.1, 0.15) is 47.8 Å². The number of nitrogens with zero attached hydrogens (tertiary/aromatic N) is 15. The lowest BCUT2D eigenvalue weighted by molar-refractivity contribution is 0.103. The summed E-state index contributed by atoms with van der Waals surface area (Å²) in [6, 6.07) is 48.8. The maximum atomic E-state index is 13.1. The molecule has 330 valence electrons. The number of benzene rings is 6. The molecule has 4 aromatic heterocycles. The second kappa shape index (κ2) is 19.5. The van der Waals surface area contributed by atoms with E-state index in [4.69, 9.17) is 15.0 Å². The van der Waals surface area contributed by atoms with Crippen LogP contribution in [0.5, 0.6) is 0 Å². The number of tetrazole rings is 3. The van der Waals surface area contributed by atoms with Gasteiger partial charge in [0.05, 0.1) is 17.1 Å². The van der Waals surface area contributed by atoms with E-state index in [1.807, 2.05) is 91.0 Å². The Bertz CT molecular complexity index is 3140. The van der Waals surface area contributed by atoms with E-state index in [9.17, 15) is 14.4 Å². The smallest absolute Gasteiger partial charge is 0.224 e. The molecule has 0 saturated carbocycles. The third-order valence-corrected chi connectivity index (χ3v) is 10.5. The van der Waals surface area contributed by atoms with Crippen molar-refractivity contribution < 1.29 is 14.4 Å². The summed E-state index contributed by atoms with van der Waals surface area (Å²) in [4.78, 5) is 53.5. The van der Waals surface area contributed by atoms with Crippen molar-refractivity contribution in [3.8, 4) is 52.0 Å². The maximum Gasteiger partial charge on any atom is 0.224 e. The summed E-state index contributed by atoms with van der Waals surface area (Å²) in [6.07, 6.45) is 9.79. The number of carbonyl (C=O) groups is 3. The Morgan fingerprint density at radius 1 is 0.333 bits per heavy atom. The van der Waals surface area contributed by atoms with E-state index in [-0.39, 0.29) is 52.3 Å². The van der Waals surface area contributed by atoms with Crippen molar-refractivity contribution in [3.63, 3.8) is 0 Å². The SMILES string of the molecule is O=C(/C=C/c1ccccc1)c1ccc(-n2nnnc2-c2nc(-c3nnnn3-c3ccc(C(=O)/C=C/c4ccccc4)cc3)nc(-c3nnnn3-c3ccc(C(=O)/C=C/c4ccccc4)cc3)n2)cc1. The van der Waals surface area contributed by atoms with Crippen LogP contribution >= 0.6 is 0 Å². The van der Waals surface area contributed by atoms with Crippen molar-refractivity contribution in [2.75, 3.05) is 0 Å². The van der Waals surface area contributed by atoms with Gasteiger partial charge >= 0.3 is 0 Å². The van der Waals surface area contributed by atoms with Crippen molar-refractivity contribution >= 4 is 35.6 Å². The molecule has 0 amide bonds. The quantitative estimate of drug-likeness (QED) is 0.0718. The van der Waals surface area contributed by atoms with Gasteiger partial charge in [-0.3, -0.25) is 14.4 Å². The van der Waals surface area contributed by atoms with Gasteiger partial charge in [-0.15, -0.1) is 15.3 Å². The highest BCUT2D eigenvalue weighted by Crippen LogP contribution is 2.26. The Morgan fingerprint density at radius 2 is 0.594 bits per heavy atom. The summed E-state index contributed by atoms with van der Waals surface area (Å²) in [5.41, 5.74) is 5.54. The molecule has 10 rings (SSSR count). The molecule has 4 heterocycles. The highest BCUT2D eigenvalue weighted by Gasteiger charge is 2.25. The molecular formula is C51H33N15O3. The molecule has 0 aliphatic carbocycles. The molecule has 18 heteroatoms. The molecular weight excluding hydrogens is 871 g/mol. The molecule has 0 radical (unpaired) electrons. The largest absolute Gasteiger partial charge is 0.289 e. The normalized spacial score (nSPS) is 11.5. The minimum atomic E-state index is -0.188. The molecule has 69 heavy (non-hydrogen) atoms. The number of ketones is 3. The van der Waals surface area contributed by atoms with Crippen LogP contribution in [0.25, 0.3) is 70.2 Å². The Labute approximate surface area is 391 Å². The van der Waals surface area contributed by atoms with Crippen LogP contribution in [0.2, 0.25) is 0 Å². The van der Waals surface area contributed by atoms with Crippen molar-refractivity contribution in [3.05, 3.63) is 215 Å². The van der Waals surface area contributed by atoms with E-state index in [1.54, 1.807) is 91.0 Å². The fourth-order valence-electron chi connectivity index (χ4n) is 6.97. The first-order valence-electron chi connectivity index (χ1n) is 21.2. The topological polar surface area (TPSA) is 221 Å². The summed E-state index contributed by atoms with van der Waals surface area (Å²) >= 11 is 0. The summed E-state index contributed by atoms with van der Waals surface area (Å²) in [6.45, 7) is 0. The predicted octanol–water partition coefficient (Wildman–Crippen LogP) is 7.49. The lowest BCUT2D eigenvalue weighted by Crippen LogP contribution is -2.10. The van der Waals surface area contributed by atoms with Gasteiger partial charge in [0.25, 0.3) is 0 Å². The van der Waals surface area contributed by atoms with Crippen LogP contribution in [0.3, 0.4) is 0 Å². The fourth-order valence-corrected chi connectivity index (χ4v) is 6.97. The van der Waals surface area contributed by atoms with Crippen LogP contribution in [0, 0.1) is 0 Å². The molecule has 0 bridgehead atoms. The molecule has 0 saturated heterocycles. The van der Waals surface area contributed by atoms with E-state index >= 15 is 0 Å². The zero-order valence-corrected chi connectivity index (χ0v) is 36.0. The Hall–Kier alpha value is -10.2. The lowest BCUT2D eigenvalue weighted by Gasteiger charge is -2.09. The number of allylic oxidation sites excluding steroid dienone is 3. The molecule has 10 aromatic rings. The average molecular weight is 904 g/mol. The Morgan fingerprint density at radius 3 is 0.855 bits per heavy atom. The highest BCUT2D eigenvalue weighted by molar-refractivity contribution is 6.08. The Kier molecular flexibility index (Phi) is 12.1. The summed E-state index contributed by atoms with van der Waals surface area (Å²) in [5, 5.41) is 37.4. The maximum absolute atomic E-state index is 13.1. The number of carbonyl (C=O) groups excluding carboxylic acids is 3. The van der Waals surface area contributed by atoms with Gasteiger partial charge in [-0.1, -0.05) is 109 Å². The first kappa shape index (κ1) is 42.7. The molecule has 0 N–H and O–H groups in total. The van der Waals surface area contributed by atoms with E-state index in [0.29, 0.717) is 33.8 Å². The van der Waals surface area contributed by atoms with Crippen molar-refractivity contribution in [2.45, 2.75) is 0 Å². The lowest BCUT2D eigenvalue weighted by atomic mass is 10.1. The summed E-state index contributed by atoms with van der Waals surface area (Å²) < 4.78 is 4.23. The molecule has 0 spiro atoms. The van der Waals surface area contributed by atoms with Crippen molar-refractivity contribution in [1.82, 2.24) is 75.6 Å². The average Bonchev–Trinajstić information content (AvgIpc) is 4.23. The van der Waals surface area contributed by atoms with Gasteiger partial charge in [0.2, 0.25) is 34.9 Å². The third kappa shape index (κ3) is 9.61. The summed E-state index contributed by atoms with van der Waals surface area (Å²) in [7, 11) is 0. The van der Waals surface area contributed by atoms with Crippen LogP contribution in [-0.2, 0) is 0 Å². The van der Waals surface area contributed by atoms with Crippen molar-refractivity contribution in [1.29, 1.82) is 0 Å². The third-order valence-electron chi connectivity index (χ3n) is 10.5. The van der Waals surface area contributed by atoms with E-state index < -0.39 is 0 Å². The van der Waals surface area contributed by atoms with E-state index in [1.165, 1.54) is 32.3 Å². The number of rotatable bonds is 15. The minimum absolute atomic E-state index is 0.00709. The van der Waals surface area contributed by atoms with E-state index in [2.05, 4.69) is 46.6 Å². The molecule has 0 aliphatic heterocycles. The van der Waals surface area contributed by atoms with Crippen LogP contribution < -0.4 is 0 Å².